The van der Waals surface area contributed by atoms with Gasteiger partial charge in [0.15, 0.2) is 4.80 Å². The maximum atomic E-state index is 13.7. The van der Waals surface area contributed by atoms with Gasteiger partial charge in [-0.1, -0.05) is 35.1 Å². The number of ether oxygens (including phenoxy) is 3. The van der Waals surface area contributed by atoms with E-state index in [1.165, 1.54) is 23.0 Å². The number of aromatic nitrogens is 1. The van der Waals surface area contributed by atoms with Crippen molar-refractivity contribution in [2.45, 2.75) is 19.9 Å². The lowest BCUT2D eigenvalue weighted by Crippen LogP contribution is -2.40. The molecule has 1 aliphatic heterocycles. The Kier molecular flexibility index (Phi) is 6.90. The van der Waals surface area contributed by atoms with E-state index in [2.05, 4.69) is 4.99 Å². The highest BCUT2D eigenvalue weighted by molar-refractivity contribution is 7.07. The molecule has 176 valence electrons. The minimum Gasteiger partial charge on any atom is -0.497 e. The van der Waals surface area contributed by atoms with Crippen molar-refractivity contribution in [1.29, 1.82) is 0 Å². The van der Waals surface area contributed by atoms with Crippen molar-refractivity contribution in [1.82, 2.24) is 4.57 Å². The van der Waals surface area contributed by atoms with Gasteiger partial charge in [-0.2, -0.15) is 0 Å². The van der Waals surface area contributed by atoms with Gasteiger partial charge in [0.2, 0.25) is 0 Å². The van der Waals surface area contributed by atoms with Crippen molar-refractivity contribution in [2.75, 3.05) is 20.8 Å². The van der Waals surface area contributed by atoms with Crippen LogP contribution >= 0.6 is 22.9 Å². The third kappa shape index (κ3) is 4.38. The minimum atomic E-state index is -0.804. The second-order valence-electron chi connectivity index (χ2n) is 7.47. The van der Waals surface area contributed by atoms with E-state index in [-0.39, 0.29) is 17.7 Å². The highest BCUT2D eigenvalue weighted by atomic mass is 35.5. The molecular formula is C25H23ClN2O5S. The number of fused-ring (bicyclic) bond motifs is 1. The number of carbonyl (C=O) groups is 1. The monoisotopic (exact) mass is 498 g/mol. The Hall–Kier alpha value is -3.36. The van der Waals surface area contributed by atoms with Gasteiger partial charge in [-0.05, 0) is 55.8 Å². The van der Waals surface area contributed by atoms with Crippen LogP contribution in [0.25, 0.3) is 6.08 Å². The van der Waals surface area contributed by atoms with E-state index in [1.54, 1.807) is 57.4 Å². The van der Waals surface area contributed by atoms with Crippen LogP contribution in [-0.2, 0) is 9.53 Å². The van der Waals surface area contributed by atoms with Crippen LogP contribution in [0.1, 0.15) is 31.0 Å². The number of nitrogens with zero attached hydrogens (tertiary/aromatic N) is 2. The molecule has 1 aliphatic rings. The summed E-state index contributed by atoms with van der Waals surface area (Å²) in [6, 6.07) is 11.7. The summed E-state index contributed by atoms with van der Waals surface area (Å²) in [6.07, 6.45) is 1.76. The van der Waals surface area contributed by atoms with Crippen molar-refractivity contribution in [3.63, 3.8) is 0 Å². The zero-order valence-electron chi connectivity index (χ0n) is 19.1. The molecule has 0 fully saturated rings. The first kappa shape index (κ1) is 23.8. The third-order valence-corrected chi connectivity index (χ3v) is 6.61. The van der Waals surface area contributed by atoms with E-state index in [4.69, 9.17) is 25.8 Å². The maximum absolute atomic E-state index is 13.7. The predicted molar refractivity (Wildman–Crippen MR) is 131 cm³/mol. The molecule has 1 aromatic heterocycles. The molecule has 7 nitrogen and oxygen atoms in total. The van der Waals surface area contributed by atoms with Crippen molar-refractivity contribution in [3.05, 3.63) is 89.6 Å². The Balaban J connectivity index is 2.02. The molecule has 1 atom stereocenters. The highest BCUT2D eigenvalue weighted by Crippen LogP contribution is 2.37. The van der Waals surface area contributed by atoms with Crippen LogP contribution in [-0.4, -0.2) is 31.4 Å². The van der Waals surface area contributed by atoms with Crippen LogP contribution in [0.4, 0.5) is 0 Å². The predicted octanol–water partition coefficient (Wildman–Crippen LogP) is 3.47. The summed E-state index contributed by atoms with van der Waals surface area (Å²) in [5.41, 5.74) is 1.84. The molecule has 0 saturated carbocycles. The van der Waals surface area contributed by atoms with Gasteiger partial charge in [0.25, 0.3) is 5.56 Å². The second-order valence-corrected chi connectivity index (χ2v) is 8.91. The number of halogens is 1. The van der Waals surface area contributed by atoms with E-state index < -0.39 is 12.0 Å². The largest absolute Gasteiger partial charge is 0.497 e. The van der Waals surface area contributed by atoms with Crippen molar-refractivity contribution in [2.24, 2.45) is 4.99 Å². The smallest absolute Gasteiger partial charge is 0.338 e. The zero-order valence-corrected chi connectivity index (χ0v) is 20.7. The number of hydrogen-bond donors (Lipinski definition) is 0. The minimum absolute atomic E-state index is 0.191. The molecule has 4 rings (SSSR count). The summed E-state index contributed by atoms with van der Waals surface area (Å²) in [5, 5.41) is 0.570. The third-order valence-electron chi connectivity index (χ3n) is 5.39. The molecule has 0 spiro atoms. The highest BCUT2D eigenvalue weighted by Gasteiger charge is 2.35. The zero-order chi connectivity index (χ0) is 24.4. The summed E-state index contributed by atoms with van der Waals surface area (Å²) >= 11 is 7.36. The number of rotatable bonds is 6. The maximum Gasteiger partial charge on any atom is 0.338 e. The Morgan fingerprint density at radius 2 is 2.00 bits per heavy atom. The van der Waals surface area contributed by atoms with Crippen molar-refractivity contribution in [3.8, 4) is 11.5 Å². The standard InChI is InChI=1S/C25H23ClN2O5S/c1-5-33-24(30)21-14(2)27-25-28(22(21)18-13-17(31-3)9-10-19(18)32-4)23(29)20(34-25)12-15-7-6-8-16(26)11-15/h6-13,22H,5H2,1-4H3/b20-12+/t22-/m0/s1. The molecule has 0 radical (unpaired) electrons. The fourth-order valence-corrected chi connectivity index (χ4v) is 5.13. The molecule has 2 heterocycles. The second kappa shape index (κ2) is 9.87. The molecular weight excluding hydrogens is 476 g/mol. The van der Waals surface area contributed by atoms with E-state index in [1.807, 2.05) is 12.1 Å². The summed E-state index contributed by atoms with van der Waals surface area (Å²) in [7, 11) is 3.09. The molecule has 0 saturated heterocycles. The van der Waals surface area contributed by atoms with Gasteiger partial charge in [-0.15, -0.1) is 0 Å². The number of hydrogen-bond acceptors (Lipinski definition) is 7. The summed E-state index contributed by atoms with van der Waals surface area (Å²) in [4.78, 5) is 31.8. The van der Waals surface area contributed by atoms with Gasteiger partial charge in [0, 0.05) is 10.6 Å². The average molecular weight is 499 g/mol. The molecule has 0 amide bonds. The first-order chi connectivity index (χ1) is 16.4. The number of esters is 1. The normalized spacial score (nSPS) is 15.6. The fraction of sp³-hybridized carbons (Fsp3) is 0.240. The van der Waals surface area contributed by atoms with Crippen molar-refractivity contribution < 1.29 is 19.0 Å². The van der Waals surface area contributed by atoms with Crippen molar-refractivity contribution >= 4 is 35.0 Å². The quantitative estimate of drug-likeness (QED) is 0.486. The number of thiazole rings is 1. The molecule has 0 N–H and O–H groups in total. The molecule has 0 unspecified atom stereocenters. The first-order valence-corrected chi connectivity index (χ1v) is 11.7. The lowest BCUT2D eigenvalue weighted by atomic mass is 9.94. The number of benzene rings is 2. The van der Waals surface area contributed by atoms with E-state index in [0.717, 1.165) is 5.56 Å². The molecule has 0 aliphatic carbocycles. The van der Waals surface area contributed by atoms with Crippen LogP contribution < -0.4 is 24.4 Å². The SMILES string of the molecule is CCOC(=O)C1=C(C)N=c2s/c(=C/c3cccc(Cl)c3)c(=O)n2[C@H]1c1cc(OC)ccc1OC. The van der Waals surface area contributed by atoms with Gasteiger partial charge in [0.05, 0.1) is 36.6 Å². The molecule has 9 heteroatoms. The molecule has 2 aromatic carbocycles. The Labute approximate surface area is 205 Å². The Bertz CT molecular complexity index is 1470. The van der Waals surface area contributed by atoms with Gasteiger partial charge in [-0.3, -0.25) is 9.36 Å². The lowest BCUT2D eigenvalue weighted by molar-refractivity contribution is -0.139. The summed E-state index contributed by atoms with van der Waals surface area (Å²) in [5.74, 6) is 0.532. The van der Waals surface area contributed by atoms with Gasteiger partial charge < -0.3 is 14.2 Å². The van der Waals surface area contributed by atoms with E-state index in [0.29, 0.717) is 37.1 Å². The van der Waals surface area contributed by atoms with Crippen LogP contribution in [0.3, 0.4) is 0 Å². The summed E-state index contributed by atoms with van der Waals surface area (Å²) < 4.78 is 18.3. The molecule has 0 bridgehead atoms. The van der Waals surface area contributed by atoms with E-state index in [9.17, 15) is 9.59 Å². The van der Waals surface area contributed by atoms with Gasteiger partial charge >= 0.3 is 5.97 Å². The van der Waals surface area contributed by atoms with E-state index >= 15 is 0 Å². The number of methoxy groups -OCH3 is 2. The average Bonchev–Trinajstić information content (AvgIpc) is 3.12. The topological polar surface area (TPSA) is 79.1 Å². The van der Waals surface area contributed by atoms with Crippen LogP contribution in [0.15, 0.2) is 63.5 Å². The Morgan fingerprint density at radius 1 is 1.21 bits per heavy atom. The van der Waals surface area contributed by atoms with Crippen LogP contribution in [0.5, 0.6) is 11.5 Å². The van der Waals surface area contributed by atoms with Gasteiger partial charge in [0.1, 0.15) is 17.5 Å². The van der Waals surface area contributed by atoms with Crippen LogP contribution in [0.2, 0.25) is 5.02 Å². The first-order valence-electron chi connectivity index (χ1n) is 10.5. The summed E-state index contributed by atoms with van der Waals surface area (Å²) in [6.45, 7) is 3.66. The molecule has 3 aromatic rings. The lowest BCUT2D eigenvalue weighted by Gasteiger charge is -2.26. The van der Waals surface area contributed by atoms with Crippen LogP contribution in [0, 0.1) is 0 Å². The number of carbonyl (C=O) groups excluding carboxylic acids is 1. The number of allylic oxidation sites excluding steroid dienone is 1. The fourth-order valence-electron chi connectivity index (χ4n) is 3.89. The van der Waals surface area contributed by atoms with Gasteiger partial charge in [-0.25, -0.2) is 9.79 Å². The molecule has 34 heavy (non-hydrogen) atoms. The Morgan fingerprint density at radius 3 is 2.68 bits per heavy atom.